The molecule has 1 aromatic heterocycles. The summed E-state index contributed by atoms with van der Waals surface area (Å²) in [5, 5.41) is 13.0. The van der Waals surface area contributed by atoms with E-state index < -0.39 is 0 Å². The van der Waals surface area contributed by atoms with E-state index in [0.717, 1.165) is 19.3 Å². The Morgan fingerprint density at radius 1 is 1.21 bits per heavy atom. The van der Waals surface area contributed by atoms with Crippen molar-refractivity contribution in [3.05, 3.63) is 67.8 Å². The Balaban J connectivity index is 2.03. The van der Waals surface area contributed by atoms with Crippen LogP contribution in [0.15, 0.2) is 40.0 Å². The molecule has 0 spiro atoms. The second kappa shape index (κ2) is 11.3. The van der Waals surface area contributed by atoms with Crippen molar-refractivity contribution in [3.8, 4) is 6.07 Å². The van der Waals surface area contributed by atoms with Gasteiger partial charge in [-0.25, -0.2) is 0 Å². The van der Waals surface area contributed by atoms with Gasteiger partial charge in [-0.15, -0.1) is 0 Å². The Morgan fingerprint density at radius 3 is 2.58 bits per heavy atom. The number of benzene rings is 1. The van der Waals surface area contributed by atoms with E-state index >= 15 is 0 Å². The standard InChI is InChI=1S/C25H28N4O2S2/c1-4-6-14-29-24(31)21(33-25(29)32)15-19-17(3)20(16-26)23(30)28(5-2)22(19)27-13-12-18-10-8-7-9-11-18/h7-11,15,27H,4-6,12-14H2,1-3H3/b21-15+. The summed E-state index contributed by atoms with van der Waals surface area (Å²) in [6.07, 6.45) is 4.40. The lowest BCUT2D eigenvalue weighted by molar-refractivity contribution is -0.122. The molecule has 2 heterocycles. The average molecular weight is 481 g/mol. The number of rotatable bonds is 9. The van der Waals surface area contributed by atoms with Crippen LogP contribution in [0.5, 0.6) is 0 Å². The molecular weight excluding hydrogens is 452 g/mol. The minimum absolute atomic E-state index is 0.0955. The second-order valence-corrected chi connectivity index (χ2v) is 9.45. The summed E-state index contributed by atoms with van der Waals surface area (Å²) in [5.41, 5.74) is 2.19. The van der Waals surface area contributed by atoms with Gasteiger partial charge in [-0.2, -0.15) is 5.26 Å². The summed E-state index contributed by atoms with van der Waals surface area (Å²) in [4.78, 5) is 28.1. The van der Waals surface area contributed by atoms with Crippen LogP contribution < -0.4 is 10.9 Å². The number of carbonyl (C=O) groups is 1. The first kappa shape index (κ1) is 24.7. The van der Waals surface area contributed by atoms with Crippen LogP contribution in [0.25, 0.3) is 6.08 Å². The number of amides is 1. The van der Waals surface area contributed by atoms with Crippen LogP contribution in [0.3, 0.4) is 0 Å². The Bertz CT molecular complexity index is 1180. The van der Waals surface area contributed by atoms with E-state index in [-0.39, 0.29) is 17.0 Å². The highest BCUT2D eigenvalue weighted by atomic mass is 32.2. The van der Waals surface area contributed by atoms with Crippen LogP contribution in [0.2, 0.25) is 0 Å². The van der Waals surface area contributed by atoms with Crippen LogP contribution in [0, 0.1) is 18.3 Å². The molecule has 8 heteroatoms. The van der Waals surface area contributed by atoms with Crippen LogP contribution in [-0.2, 0) is 17.8 Å². The van der Waals surface area contributed by atoms with Crippen molar-refractivity contribution in [3.63, 3.8) is 0 Å². The summed E-state index contributed by atoms with van der Waals surface area (Å²) in [5.74, 6) is 0.495. The topological polar surface area (TPSA) is 78.1 Å². The van der Waals surface area contributed by atoms with Gasteiger partial charge >= 0.3 is 0 Å². The molecule has 2 aromatic rings. The Hall–Kier alpha value is -2.89. The van der Waals surface area contributed by atoms with Crippen molar-refractivity contribution in [1.29, 1.82) is 5.26 Å². The van der Waals surface area contributed by atoms with Gasteiger partial charge < -0.3 is 5.32 Å². The Morgan fingerprint density at radius 2 is 1.94 bits per heavy atom. The van der Waals surface area contributed by atoms with Gasteiger partial charge in [-0.3, -0.25) is 19.1 Å². The fourth-order valence-electron chi connectivity index (χ4n) is 3.77. The number of nitrogens with zero attached hydrogens (tertiary/aromatic N) is 3. The molecular formula is C25H28N4O2S2. The number of unbranched alkanes of at least 4 members (excludes halogenated alkanes) is 1. The van der Waals surface area contributed by atoms with Crippen molar-refractivity contribution in [2.75, 3.05) is 18.4 Å². The fraction of sp³-hybridized carbons (Fsp3) is 0.360. The molecule has 1 aliphatic heterocycles. The number of thiocarbonyl (C=S) groups is 1. The number of anilines is 1. The molecule has 0 bridgehead atoms. The molecule has 0 radical (unpaired) electrons. The lowest BCUT2D eigenvalue weighted by Gasteiger charge is -2.19. The van der Waals surface area contributed by atoms with E-state index in [9.17, 15) is 14.9 Å². The predicted octanol–water partition coefficient (Wildman–Crippen LogP) is 4.70. The van der Waals surface area contributed by atoms with Crippen molar-refractivity contribution in [1.82, 2.24) is 9.47 Å². The van der Waals surface area contributed by atoms with E-state index in [1.807, 2.05) is 25.1 Å². The summed E-state index contributed by atoms with van der Waals surface area (Å²) >= 11 is 6.70. The van der Waals surface area contributed by atoms with Gasteiger partial charge in [-0.1, -0.05) is 67.7 Å². The number of nitriles is 1. The largest absolute Gasteiger partial charge is 0.371 e. The Kier molecular flexibility index (Phi) is 8.48. The predicted molar refractivity (Wildman–Crippen MR) is 139 cm³/mol. The van der Waals surface area contributed by atoms with Gasteiger partial charge in [0.1, 0.15) is 21.8 Å². The maximum absolute atomic E-state index is 13.0. The number of nitrogens with one attached hydrogen (secondary N) is 1. The zero-order valence-electron chi connectivity index (χ0n) is 19.2. The summed E-state index contributed by atoms with van der Waals surface area (Å²) in [7, 11) is 0. The maximum atomic E-state index is 13.0. The molecule has 1 fully saturated rings. The molecule has 6 nitrogen and oxygen atoms in total. The lowest BCUT2D eigenvalue weighted by atomic mass is 10.0. The summed E-state index contributed by atoms with van der Waals surface area (Å²) in [6.45, 7) is 7.30. The van der Waals surface area contributed by atoms with Gasteiger partial charge in [0.05, 0.1) is 4.91 Å². The van der Waals surface area contributed by atoms with Crippen molar-refractivity contribution < 1.29 is 4.79 Å². The highest BCUT2D eigenvalue weighted by molar-refractivity contribution is 8.26. The van der Waals surface area contributed by atoms with Crippen molar-refractivity contribution >= 4 is 46.1 Å². The molecule has 0 aliphatic carbocycles. The van der Waals surface area contributed by atoms with E-state index in [0.29, 0.717) is 45.8 Å². The minimum Gasteiger partial charge on any atom is -0.371 e. The Labute approximate surface area is 204 Å². The molecule has 1 aliphatic rings. The first-order chi connectivity index (χ1) is 15.9. The number of thioether (sulfide) groups is 1. The van der Waals surface area contributed by atoms with Crippen molar-refractivity contribution in [2.24, 2.45) is 0 Å². The molecule has 0 saturated carbocycles. The van der Waals surface area contributed by atoms with Gasteiger partial charge in [0.25, 0.3) is 11.5 Å². The molecule has 33 heavy (non-hydrogen) atoms. The van der Waals surface area contributed by atoms with E-state index in [1.54, 1.807) is 22.5 Å². The molecule has 172 valence electrons. The number of aromatic nitrogens is 1. The van der Waals surface area contributed by atoms with E-state index in [2.05, 4.69) is 30.4 Å². The van der Waals surface area contributed by atoms with E-state index in [4.69, 9.17) is 12.2 Å². The van der Waals surface area contributed by atoms with Gasteiger partial charge in [-0.05, 0) is 43.9 Å². The SMILES string of the molecule is CCCCN1C(=O)/C(=C\c2c(C)c(C#N)c(=O)n(CC)c2NCCc2ccccc2)SC1=S. The molecule has 0 atom stereocenters. The zero-order valence-corrected chi connectivity index (χ0v) is 20.8. The summed E-state index contributed by atoms with van der Waals surface area (Å²) in [6, 6.07) is 12.1. The average Bonchev–Trinajstić information content (AvgIpc) is 3.08. The third-order valence-corrected chi connectivity index (χ3v) is 7.00. The number of pyridine rings is 1. The maximum Gasteiger partial charge on any atom is 0.270 e. The number of hydrogen-bond acceptors (Lipinski definition) is 6. The fourth-order valence-corrected chi connectivity index (χ4v) is 5.06. The van der Waals surface area contributed by atoms with Gasteiger partial charge in [0, 0.05) is 25.2 Å². The zero-order chi connectivity index (χ0) is 24.0. The number of carbonyl (C=O) groups excluding carboxylic acids is 1. The molecule has 1 saturated heterocycles. The third-order valence-electron chi connectivity index (χ3n) is 5.62. The van der Waals surface area contributed by atoms with Crippen LogP contribution >= 0.6 is 24.0 Å². The van der Waals surface area contributed by atoms with Crippen LogP contribution in [-0.4, -0.2) is 32.8 Å². The highest BCUT2D eigenvalue weighted by Gasteiger charge is 2.32. The quantitative estimate of drug-likeness (QED) is 0.414. The lowest BCUT2D eigenvalue weighted by Crippen LogP contribution is -2.29. The molecule has 3 rings (SSSR count). The second-order valence-electron chi connectivity index (χ2n) is 7.77. The minimum atomic E-state index is -0.327. The van der Waals surface area contributed by atoms with Crippen molar-refractivity contribution in [2.45, 2.75) is 46.6 Å². The smallest absolute Gasteiger partial charge is 0.270 e. The first-order valence-electron chi connectivity index (χ1n) is 11.1. The van der Waals surface area contributed by atoms with Crippen LogP contribution in [0.1, 0.15) is 48.9 Å². The van der Waals surface area contributed by atoms with Gasteiger partial charge in [0.15, 0.2) is 0 Å². The first-order valence-corrected chi connectivity index (χ1v) is 12.4. The third kappa shape index (κ3) is 5.37. The van der Waals surface area contributed by atoms with E-state index in [1.165, 1.54) is 17.3 Å². The van der Waals surface area contributed by atoms with Crippen LogP contribution in [0.4, 0.5) is 5.82 Å². The molecule has 1 N–H and O–H groups in total. The molecule has 1 aromatic carbocycles. The number of hydrogen-bond donors (Lipinski definition) is 1. The highest BCUT2D eigenvalue weighted by Crippen LogP contribution is 2.35. The monoisotopic (exact) mass is 480 g/mol. The normalized spacial score (nSPS) is 14.7. The summed E-state index contributed by atoms with van der Waals surface area (Å²) < 4.78 is 2.11. The molecule has 1 amide bonds. The molecule has 0 unspecified atom stereocenters. The van der Waals surface area contributed by atoms with Gasteiger partial charge in [0.2, 0.25) is 0 Å².